The molecule has 0 spiro atoms. The van der Waals surface area contributed by atoms with E-state index in [9.17, 15) is 0 Å². The van der Waals surface area contributed by atoms with Crippen molar-refractivity contribution >= 4 is 60.0 Å². The summed E-state index contributed by atoms with van der Waals surface area (Å²) in [6.07, 6.45) is 23.1. The second-order valence-electron chi connectivity index (χ2n) is 17.1. The van der Waals surface area contributed by atoms with Crippen molar-refractivity contribution in [3.8, 4) is 0 Å². The van der Waals surface area contributed by atoms with E-state index in [4.69, 9.17) is 0 Å². The zero-order valence-electron chi connectivity index (χ0n) is 34.5. The lowest BCUT2D eigenvalue weighted by atomic mass is 9.78. The molecule has 10 rings (SSSR count). The predicted octanol–water partition coefficient (Wildman–Crippen LogP) is 15.7. The van der Waals surface area contributed by atoms with Crippen LogP contribution in [0, 0.1) is 18.8 Å². The first-order valence-electron chi connectivity index (χ1n) is 21.5. The summed E-state index contributed by atoms with van der Waals surface area (Å²) in [4.78, 5) is 2.55. The standard InChI is InChI=1S/C58H51N/c1-38-20-23-42(24-21-38)41(4)35-46-27-26-44-13-5-6-15-50(44)58(46)56-36-45(25-22-40(56)3)43-28-30-47(31-29-43)59(48-14-11-12-39(2)34-48)49-32-33-55-53-18-8-7-16-51(53)52-17-9-10-19-54(52)57(55)37-49/h5-20,23-30,32-34,36-38,40,47H,4,21-22,31,35H2,1-3H3. The zero-order valence-corrected chi connectivity index (χ0v) is 34.5. The lowest BCUT2D eigenvalue weighted by Crippen LogP contribution is -2.30. The van der Waals surface area contributed by atoms with Gasteiger partial charge in [-0.05, 0) is 156 Å². The Kier molecular flexibility index (Phi) is 9.61. The van der Waals surface area contributed by atoms with E-state index in [1.807, 2.05) is 0 Å². The molecule has 0 N–H and O–H groups in total. The molecule has 0 fully saturated rings. The Labute approximate surface area is 349 Å². The van der Waals surface area contributed by atoms with Gasteiger partial charge in [-0.25, -0.2) is 0 Å². The lowest BCUT2D eigenvalue weighted by Gasteiger charge is -2.34. The van der Waals surface area contributed by atoms with Crippen molar-refractivity contribution in [2.24, 2.45) is 11.8 Å². The summed E-state index contributed by atoms with van der Waals surface area (Å²) in [5, 5.41) is 10.4. The van der Waals surface area contributed by atoms with Crippen LogP contribution >= 0.6 is 0 Å². The fourth-order valence-electron chi connectivity index (χ4n) is 9.82. The highest BCUT2D eigenvalue weighted by atomic mass is 15.2. The van der Waals surface area contributed by atoms with Gasteiger partial charge in [0, 0.05) is 11.4 Å². The van der Waals surface area contributed by atoms with Crippen LogP contribution in [-0.4, -0.2) is 6.04 Å². The van der Waals surface area contributed by atoms with Gasteiger partial charge in [0.15, 0.2) is 0 Å². The molecule has 0 heterocycles. The van der Waals surface area contributed by atoms with Gasteiger partial charge in [-0.2, -0.15) is 0 Å². The molecule has 0 radical (unpaired) electrons. The molecule has 1 nitrogen and oxygen atoms in total. The van der Waals surface area contributed by atoms with Crippen LogP contribution in [0.15, 0.2) is 205 Å². The summed E-state index contributed by atoms with van der Waals surface area (Å²) in [6.45, 7) is 11.5. The Hall–Kier alpha value is -6.44. The van der Waals surface area contributed by atoms with Gasteiger partial charge in [-0.3, -0.25) is 0 Å². The molecular weight excluding hydrogens is 711 g/mol. The number of benzene rings is 7. The Morgan fingerprint density at radius 3 is 1.97 bits per heavy atom. The quantitative estimate of drug-likeness (QED) is 0.139. The van der Waals surface area contributed by atoms with E-state index in [1.165, 1.54) is 99.0 Å². The topological polar surface area (TPSA) is 3.24 Å². The molecule has 0 aliphatic heterocycles. The monoisotopic (exact) mass is 761 g/mol. The first kappa shape index (κ1) is 36.9. The van der Waals surface area contributed by atoms with Gasteiger partial charge in [-0.1, -0.05) is 172 Å². The van der Waals surface area contributed by atoms with E-state index >= 15 is 0 Å². The summed E-state index contributed by atoms with van der Waals surface area (Å²) in [5.74, 6) is 0.996. The summed E-state index contributed by atoms with van der Waals surface area (Å²) in [6, 6.07) is 47.5. The highest BCUT2D eigenvalue weighted by molar-refractivity contribution is 6.25. The smallest absolute Gasteiger partial charge is 0.0560 e. The van der Waals surface area contributed by atoms with E-state index in [2.05, 4.69) is 208 Å². The van der Waals surface area contributed by atoms with Crippen molar-refractivity contribution in [2.75, 3.05) is 4.90 Å². The van der Waals surface area contributed by atoms with Gasteiger partial charge in [0.2, 0.25) is 0 Å². The van der Waals surface area contributed by atoms with Crippen LogP contribution < -0.4 is 4.90 Å². The maximum Gasteiger partial charge on any atom is 0.0560 e. The second-order valence-corrected chi connectivity index (χ2v) is 17.1. The van der Waals surface area contributed by atoms with Crippen molar-refractivity contribution in [2.45, 2.75) is 52.5 Å². The van der Waals surface area contributed by atoms with Gasteiger partial charge >= 0.3 is 0 Å². The maximum absolute atomic E-state index is 4.61. The highest BCUT2D eigenvalue weighted by Gasteiger charge is 2.25. The van der Waals surface area contributed by atoms with E-state index in [0.29, 0.717) is 11.8 Å². The Morgan fingerprint density at radius 2 is 1.27 bits per heavy atom. The van der Waals surface area contributed by atoms with Crippen LogP contribution in [0.5, 0.6) is 0 Å². The number of anilines is 2. The molecule has 59 heavy (non-hydrogen) atoms. The van der Waals surface area contributed by atoms with Crippen LogP contribution in [0.2, 0.25) is 0 Å². The molecule has 3 aliphatic carbocycles. The minimum Gasteiger partial charge on any atom is -0.334 e. The van der Waals surface area contributed by atoms with Gasteiger partial charge in [0.1, 0.15) is 0 Å². The van der Waals surface area contributed by atoms with E-state index in [-0.39, 0.29) is 6.04 Å². The number of fused-ring (bicyclic) bond motifs is 7. The van der Waals surface area contributed by atoms with Crippen LogP contribution in [0.1, 0.15) is 49.8 Å². The normalized spacial score (nSPS) is 19.1. The van der Waals surface area contributed by atoms with Gasteiger partial charge in [-0.15, -0.1) is 0 Å². The summed E-state index contributed by atoms with van der Waals surface area (Å²) < 4.78 is 0. The van der Waals surface area contributed by atoms with Crippen molar-refractivity contribution in [1.29, 1.82) is 0 Å². The number of rotatable bonds is 8. The Balaban J connectivity index is 1.01. The third-order valence-corrected chi connectivity index (χ3v) is 13.0. The minimum atomic E-state index is 0.165. The summed E-state index contributed by atoms with van der Waals surface area (Å²) >= 11 is 0. The fourth-order valence-corrected chi connectivity index (χ4v) is 9.82. The highest BCUT2D eigenvalue weighted by Crippen LogP contribution is 2.43. The molecule has 288 valence electrons. The predicted molar refractivity (Wildman–Crippen MR) is 256 cm³/mol. The molecule has 7 aromatic rings. The van der Waals surface area contributed by atoms with Crippen molar-refractivity contribution < 1.29 is 0 Å². The van der Waals surface area contributed by atoms with Crippen molar-refractivity contribution in [1.82, 2.24) is 0 Å². The maximum atomic E-state index is 4.61. The van der Waals surface area contributed by atoms with Crippen molar-refractivity contribution in [3.05, 3.63) is 222 Å². The Bertz CT molecular complexity index is 2980. The molecule has 0 amide bonds. The summed E-state index contributed by atoms with van der Waals surface area (Å²) in [5.41, 5.74) is 13.0. The molecule has 3 atom stereocenters. The number of allylic oxidation sites excluding steroid dienone is 11. The van der Waals surface area contributed by atoms with Gasteiger partial charge in [0.05, 0.1) is 6.04 Å². The second kappa shape index (κ2) is 15.4. The molecule has 7 aromatic carbocycles. The molecule has 3 aliphatic rings. The van der Waals surface area contributed by atoms with Crippen LogP contribution in [0.4, 0.5) is 11.4 Å². The molecule has 0 bridgehead atoms. The number of aryl methyl sites for hydroxylation is 1. The van der Waals surface area contributed by atoms with Crippen LogP contribution in [0.3, 0.4) is 0 Å². The number of hydrogen-bond donors (Lipinski definition) is 0. The summed E-state index contributed by atoms with van der Waals surface area (Å²) in [7, 11) is 0. The Morgan fingerprint density at radius 1 is 0.593 bits per heavy atom. The van der Waals surface area contributed by atoms with E-state index in [1.54, 1.807) is 0 Å². The lowest BCUT2D eigenvalue weighted by molar-refractivity contribution is 0.731. The molecule has 3 unspecified atom stereocenters. The number of nitrogens with zero attached hydrogens (tertiary/aromatic N) is 1. The first-order chi connectivity index (χ1) is 28.9. The number of hydrogen-bond acceptors (Lipinski definition) is 1. The minimum absolute atomic E-state index is 0.165. The fraction of sp³-hybridized carbons (Fsp3) is 0.172. The largest absolute Gasteiger partial charge is 0.334 e. The van der Waals surface area contributed by atoms with Crippen LogP contribution in [0.25, 0.3) is 48.7 Å². The zero-order chi connectivity index (χ0) is 40.0. The molecule has 0 saturated heterocycles. The average Bonchev–Trinajstić information content (AvgIpc) is 3.27. The molecular formula is C58H51N. The van der Waals surface area contributed by atoms with Gasteiger partial charge in [0.25, 0.3) is 0 Å². The average molecular weight is 762 g/mol. The van der Waals surface area contributed by atoms with E-state index < -0.39 is 0 Å². The molecule has 0 aromatic heterocycles. The van der Waals surface area contributed by atoms with E-state index in [0.717, 1.165) is 25.7 Å². The van der Waals surface area contributed by atoms with Crippen molar-refractivity contribution in [3.63, 3.8) is 0 Å². The molecule has 0 saturated carbocycles. The third-order valence-electron chi connectivity index (χ3n) is 13.0. The first-order valence-corrected chi connectivity index (χ1v) is 21.5. The molecule has 1 heteroatoms. The van der Waals surface area contributed by atoms with Gasteiger partial charge < -0.3 is 4.90 Å². The third kappa shape index (κ3) is 6.89. The SMILES string of the molecule is C=C(Cc1ccc2ccccc2c1C1=CC(C2=CCC(N(c3cccc(C)c3)c3ccc4c5ccccc5c5ccccc5c4c3)C=C2)=CCC1C)C1=CCC(C)C=C1. The van der Waals surface area contributed by atoms with Crippen LogP contribution in [-0.2, 0) is 6.42 Å².